The van der Waals surface area contributed by atoms with Crippen molar-refractivity contribution in [1.82, 2.24) is 0 Å². The first-order valence-electron chi connectivity index (χ1n) is 17.1. The van der Waals surface area contributed by atoms with E-state index in [0.717, 1.165) is 17.1 Å². The van der Waals surface area contributed by atoms with Gasteiger partial charge in [-0.3, -0.25) is 0 Å². The number of benzene rings is 3. The van der Waals surface area contributed by atoms with Gasteiger partial charge in [0.05, 0.1) is 0 Å². The topological polar surface area (TPSA) is 38.7 Å². The van der Waals surface area contributed by atoms with Crippen molar-refractivity contribution in [2.45, 2.75) is 159 Å². The summed E-state index contributed by atoms with van der Waals surface area (Å²) in [6.45, 7) is 41.9. The first-order chi connectivity index (χ1) is 20.9. The minimum atomic E-state index is -0.0951. The molecule has 4 heteroatoms. The normalized spacial score (nSPS) is 12.7. The third-order valence-electron chi connectivity index (χ3n) is 7.32. The lowest BCUT2D eigenvalue weighted by atomic mass is 9.80. The molecule has 3 aromatic rings. The van der Waals surface area contributed by atoms with E-state index in [2.05, 4.69) is 168 Å². The van der Waals surface area contributed by atoms with Gasteiger partial charge in [-0.15, -0.1) is 0 Å². The molecule has 0 aliphatic heterocycles. The van der Waals surface area contributed by atoms with Gasteiger partial charge in [-0.1, -0.05) is 174 Å². The van der Waals surface area contributed by atoms with Crippen molar-refractivity contribution in [1.29, 1.82) is 0 Å². The molecule has 0 aliphatic rings. The number of aromatic hydroxyl groups is 1. The summed E-state index contributed by atoms with van der Waals surface area (Å²) in [7, 11) is -0.0951. The highest BCUT2D eigenvalue weighted by atomic mass is 31.1. The first-order valence-corrected chi connectivity index (χ1v) is 17.9. The molecule has 0 heterocycles. The SMILES string of the molecule is CC(C)(C)C.CC(C)(C)c1ccc(OPOc2ccc(C(C)(C)C)cc2C(C)(C)C)c(C(C)(C)C)c1.CC(C)(C)c1ccccc1O. The molecule has 0 atom stereocenters. The van der Waals surface area contributed by atoms with E-state index >= 15 is 0 Å². The van der Waals surface area contributed by atoms with Crippen LogP contribution in [0.2, 0.25) is 0 Å². The van der Waals surface area contributed by atoms with Gasteiger partial charge in [0.2, 0.25) is 0 Å². The van der Waals surface area contributed by atoms with Crippen molar-refractivity contribution in [3.8, 4) is 17.2 Å². The maximum atomic E-state index is 9.45. The molecule has 0 bridgehead atoms. The van der Waals surface area contributed by atoms with E-state index in [1.807, 2.05) is 18.2 Å². The molecule has 3 rings (SSSR count). The van der Waals surface area contributed by atoms with Crippen LogP contribution < -0.4 is 9.05 Å². The Kier molecular flexibility index (Phi) is 14.3. The van der Waals surface area contributed by atoms with Crippen LogP contribution in [0, 0.1) is 5.41 Å². The fraction of sp³-hybridized carbons (Fsp3) is 0.581. The van der Waals surface area contributed by atoms with Crippen LogP contribution in [0.5, 0.6) is 17.2 Å². The predicted molar refractivity (Wildman–Crippen MR) is 209 cm³/mol. The Morgan fingerprint density at radius 1 is 0.426 bits per heavy atom. The molecule has 0 amide bonds. The molecular formula is C43H69O3P. The molecule has 0 spiro atoms. The maximum absolute atomic E-state index is 9.45. The van der Waals surface area contributed by atoms with Gasteiger partial charge in [0.15, 0.2) is 0 Å². The molecule has 264 valence electrons. The quantitative estimate of drug-likeness (QED) is 0.282. The van der Waals surface area contributed by atoms with Crippen LogP contribution in [0.25, 0.3) is 0 Å². The van der Waals surface area contributed by atoms with Crippen molar-refractivity contribution in [3.05, 3.63) is 88.5 Å². The van der Waals surface area contributed by atoms with Gasteiger partial charge in [-0.05, 0) is 67.4 Å². The van der Waals surface area contributed by atoms with Crippen molar-refractivity contribution < 1.29 is 14.2 Å². The van der Waals surface area contributed by atoms with Gasteiger partial charge in [-0.2, -0.15) is 0 Å². The second-order valence-electron chi connectivity index (χ2n) is 19.5. The highest BCUT2D eigenvalue weighted by molar-refractivity contribution is 7.27. The largest absolute Gasteiger partial charge is 0.508 e. The Bertz CT molecular complexity index is 1330. The lowest BCUT2D eigenvalue weighted by Crippen LogP contribution is -2.17. The van der Waals surface area contributed by atoms with Gasteiger partial charge in [0.25, 0.3) is 9.03 Å². The lowest BCUT2D eigenvalue weighted by molar-refractivity contribution is 0.446. The van der Waals surface area contributed by atoms with Gasteiger partial charge < -0.3 is 14.2 Å². The van der Waals surface area contributed by atoms with Crippen LogP contribution in [0.1, 0.15) is 159 Å². The molecule has 0 radical (unpaired) electrons. The Morgan fingerprint density at radius 2 is 0.745 bits per heavy atom. The van der Waals surface area contributed by atoms with Gasteiger partial charge in [0, 0.05) is 11.1 Å². The lowest BCUT2D eigenvalue weighted by Gasteiger charge is -2.28. The zero-order chi connectivity index (χ0) is 36.8. The van der Waals surface area contributed by atoms with E-state index < -0.39 is 0 Å². The summed E-state index contributed by atoms with van der Waals surface area (Å²) in [5, 5.41) is 9.45. The third kappa shape index (κ3) is 15.1. The van der Waals surface area contributed by atoms with Crippen LogP contribution >= 0.6 is 9.03 Å². The van der Waals surface area contributed by atoms with Crippen LogP contribution in [0.3, 0.4) is 0 Å². The van der Waals surface area contributed by atoms with Crippen molar-refractivity contribution >= 4 is 9.03 Å². The zero-order valence-corrected chi connectivity index (χ0v) is 34.5. The van der Waals surface area contributed by atoms with E-state index in [-0.39, 0.29) is 36.1 Å². The second-order valence-corrected chi connectivity index (χ2v) is 20.1. The Labute approximate surface area is 292 Å². The number of hydrogen-bond acceptors (Lipinski definition) is 3. The number of hydrogen-bond donors (Lipinski definition) is 1. The van der Waals surface area contributed by atoms with E-state index in [1.54, 1.807) is 6.07 Å². The Hall–Kier alpha value is -2.51. The van der Waals surface area contributed by atoms with E-state index in [1.165, 1.54) is 22.3 Å². The summed E-state index contributed by atoms with van der Waals surface area (Å²) < 4.78 is 12.4. The highest BCUT2D eigenvalue weighted by Gasteiger charge is 2.25. The van der Waals surface area contributed by atoms with Crippen LogP contribution in [-0.2, 0) is 27.1 Å². The summed E-state index contributed by atoms with van der Waals surface area (Å²) in [4.78, 5) is 0. The monoisotopic (exact) mass is 664 g/mol. The third-order valence-corrected chi connectivity index (χ3v) is 7.93. The van der Waals surface area contributed by atoms with Crippen molar-refractivity contribution in [3.63, 3.8) is 0 Å². The van der Waals surface area contributed by atoms with Gasteiger partial charge in [0.1, 0.15) is 17.2 Å². The smallest absolute Gasteiger partial charge is 0.275 e. The standard InChI is InChI=1S/C28H43O2P.C10H14O.C5H12/c1-25(2,3)19-13-15-23(21(17-19)27(7,8)9)29-31-30-24-16-14-20(26(4,5)6)18-22(24)28(10,11)12;1-10(2,3)8-6-4-5-7-9(8)11;1-5(2,3)4/h13-18,31H,1-12H3;4-7,11H,1-3H3;1-4H3. The number of phenols is 1. The van der Waals surface area contributed by atoms with Crippen molar-refractivity contribution in [2.75, 3.05) is 0 Å². The molecule has 1 N–H and O–H groups in total. The molecule has 0 aromatic heterocycles. The molecule has 0 fully saturated rings. The molecule has 3 aromatic carbocycles. The molecular weight excluding hydrogens is 595 g/mol. The first kappa shape index (κ1) is 42.5. The number of rotatable bonds is 4. The predicted octanol–water partition coefficient (Wildman–Crippen LogP) is 13.6. The van der Waals surface area contributed by atoms with Crippen molar-refractivity contribution in [2.24, 2.45) is 5.41 Å². The van der Waals surface area contributed by atoms with E-state index in [9.17, 15) is 5.11 Å². The average molecular weight is 665 g/mol. The average Bonchev–Trinajstić information content (AvgIpc) is 2.85. The summed E-state index contributed by atoms with van der Waals surface area (Å²) in [6.07, 6.45) is 0. The summed E-state index contributed by atoms with van der Waals surface area (Å²) in [5.74, 6) is 2.20. The summed E-state index contributed by atoms with van der Waals surface area (Å²) >= 11 is 0. The zero-order valence-electron chi connectivity index (χ0n) is 33.5. The summed E-state index contributed by atoms with van der Waals surface area (Å²) in [5.41, 5.74) is 6.80. The Balaban J connectivity index is 0.000000564. The van der Waals surface area contributed by atoms with Crippen LogP contribution in [0.4, 0.5) is 0 Å². The molecule has 0 aliphatic carbocycles. The van der Waals surface area contributed by atoms with Gasteiger partial charge >= 0.3 is 0 Å². The molecule has 0 unspecified atom stereocenters. The number of phenolic OH excluding ortho intramolecular Hbond substituents is 1. The van der Waals surface area contributed by atoms with Crippen LogP contribution in [0.15, 0.2) is 60.7 Å². The summed E-state index contributed by atoms with van der Waals surface area (Å²) in [6, 6.07) is 20.6. The molecule has 3 nitrogen and oxygen atoms in total. The fourth-order valence-electron chi connectivity index (χ4n) is 4.56. The minimum Gasteiger partial charge on any atom is -0.508 e. The second kappa shape index (κ2) is 15.8. The van der Waals surface area contributed by atoms with E-state index in [4.69, 9.17) is 9.05 Å². The number of para-hydroxylation sites is 1. The molecule has 0 saturated heterocycles. The van der Waals surface area contributed by atoms with Gasteiger partial charge in [-0.25, -0.2) is 0 Å². The molecule has 47 heavy (non-hydrogen) atoms. The molecule has 0 saturated carbocycles. The highest BCUT2D eigenvalue weighted by Crippen LogP contribution is 2.41. The van der Waals surface area contributed by atoms with Crippen LogP contribution in [-0.4, -0.2) is 5.11 Å². The fourth-order valence-corrected chi connectivity index (χ4v) is 5.14. The maximum Gasteiger partial charge on any atom is 0.275 e. The van der Waals surface area contributed by atoms with E-state index in [0.29, 0.717) is 11.2 Å². The minimum absolute atomic E-state index is 0.00794. The Morgan fingerprint density at radius 3 is 1.00 bits per heavy atom.